The standard InChI is InChI=1S/C17H15ClN2OS/c1-2-22-17-19-15-10-13(18)8-9-14(15)16(21)20(17)11-12-6-4-3-5-7-12/h3-10H,2,11H2,1H3. The Bertz CT molecular complexity index is 862. The lowest BCUT2D eigenvalue weighted by molar-refractivity contribution is 0.658. The summed E-state index contributed by atoms with van der Waals surface area (Å²) in [6.07, 6.45) is 0. The van der Waals surface area contributed by atoms with E-state index in [1.54, 1.807) is 34.5 Å². The molecule has 3 rings (SSSR count). The Balaban J connectivity index is 2.18. The van der Waals surface area contributed by atoms with E-state index in [-0.39, 0.29) is 5.56 Å². The van der Waals surface area contributed by atoms with Gasteiger partial charge in [0, 0.05) is 5.02 Å². The van der Waals surface area contributed by atoms with Crippen molar-refractivity contribution in [2.75, 3.05) is 5.75 Å². The van der Waals surface area contributed by atoms with E-state index in [0.717, 1.165) is 16.5 Å². The molecule has 0 N–H and O–H groups in total. The van der Waals surface area contributed by atoms with Crippen LogP contribution in [-0.2, 0) is 6.54 Å². The fourth-order valence-electron chi connectivity index (χ4n) is 2.32. The number of benzene rings is 2. The molecule has 0 saturated heterocycles. The van der Waals surface area contributed by atoms with Crippen molar-refractivity contribution < 1.29 is 0 Å². The molecular formula is C17H15ClN2OS. The van der Waals surface area contributed by atoms with Crippen LogP contribution in [0.5, 0.6) is 0 Å². The SMILES string of the molecule is CCSc1nc2cc(Cl)ccc2c(=O)n1Cc1ccccc1. The molecule has 22 heavy (non-hydrogen) atoms. The summed E-state index contributed by atoms with van der Waals surface area (Å²) < 4.78 is 1.74. The smallest absolute Gasteiger partial charge is 0.262 e. The van der Waals surface area contributed by atoms with Crippen LogP contribution in [0.15, 0.2) is 58.5 Å². The molecule has 5 heteroatoms. The van der Waals surface area contributed by atoms with Crippen molar-refractivity contribution in [3.05, 3.63) is 69.5 Å². The van der Waals surface area contributed by atoms with E-state index in [4.69, 9.17) is 11.6 Å². The van der Waals surface area contributed by atoms with Crippen molar-refractivity contribution in [3.8, 4) is 0 Å². The molecule has 1 aromatic heterocycles. The number of thioether (sulfide) groups is 1. The lowest BCUT2D eigenvalue weighted by Gasteiger charge is -2.12. The summed E-state index contributed by atoms with van der Waals surface area (Å²) in [5, 5.41) is 1.92. The van der Waals surface area contributed by atoms with Crippen molar-refractivity contribution >= 4 is 34.3 Å². The average Bonchev–Trinajstić information content (AvgIpc) is 2.52. The van der Waals surface area contributed by atoms with E-state index in [9.17, 15) is 4.79 Å². The molecule has 0 atom stereocenters. The Hall–Kier alpha value is -1.78. The van der Waals surface area contributed by atoms with Crippen LogP contribution in [0.3, 0.4) is 0 Å². The maximum absolute atomic E-state index is 12.8. The number of halogens is 1. The Morgan fingerprint density at radius 1 is 1.18 bits per heavy atom. The molecule has 112 valence electrons. The fraction of sp³-hybridized carbons (Fsp3) is 0.176. The molecule has 0 unspecified atom stereocenters. The highest BCUT2D eigenvalue weighted by Crippen LogP contribution is 2.21. The molecule has 0 amide bonds. The number of nitrogens with zero attached hydrogens (tertiary/aromatic N) is 2. The van der Waals surface area contributed by atoms with Crippen LogP contribution in [0.1, 0.15) is 12.5 Å². The van der Waals surface area contributed by atoms with Crippen LogP contribution in [-0.4, -0.2) is 15.3 Å². The van der Waals surface area contributed by atoms with E-state index in [1.165, 1.54) is 0 Å². The summed E-state index contributed by atoms with van der Waals surface area (Å²) in [7, 11) is 0. The van der Waals surface area contributed by atoms with E-state index < -0.39 is 0 Å². The molecular weight excluding hydrogens is 316 g/mol. The van der Waals surface area contributed by atoms with Crippen LogP contribution < -0.4 is 5.56 Å². The molecule has 3 nitrogen and oxygen atoms in total. The lowest BCUT2D eigenvalue weighted by Crippen LogP contribution is -2.24. The fourth-order valence-corrected chi connectivity index (χ4v) is 3.21. The van der Waals surface area contributed by atoms with Gasteiger partial charge in [-0.3, -0.25) is 9.36 Å². The summed E-state index contributed by atoms with van der Waals surface area (Å²) in [5.74, 6) is 0.854. The zero-order valence-electron chi connectivity index (χ0n) is 12.1. The highest BCUT2D eigenvalue weighted by Gasteiger charge is 2.12. The molecule has 0 aliphatic carbocycles. The van der Waals surface area contributed by atoms with Gasteiger partial charge in [0.1, 0.15) is 0 Å². The third-order valence-corrected chi connectivity index (χ3v) is 4.43. The number of fused-ring (bicyclic) bond motifs is 1. The van der Waals surface area contributed by atoms with Gasteiger partial charge in [0.05, 0.1) is 17.4 Å². The number of rotatable bonds is 4. The molecule has 0 aliphatic rings. The molecule has 1 heterocycles. The van der Waals surface area contributed by atoms with Gasteiger partial charge < -0.3 is 0 Å². The summed E-state index contributed by atoms with van der Waals surface area (Å²) in [5.41, 5.74) is 1.71. The second kappa shape index (κ2) is 6.55. The van der Waals surface area contributed by atoms with Crippen molar-refractivity contribution in [1.82, 2.24) is 9.55 Å². The largest absolute Gasteiger partial charge is 0.283 e. The van der Waals surface area contributed by atoms with Crippen LogP contribution in [0.2, 0.25) is 5.02 Å². The van der Waals surface area contributed by atoms with Crippen molar-refractivity contribution in [2.24, 2.45) is 0 Å². The third-order valence-electron chi connectivity index (χ3n) is 3.34. The number of hydrogen-bond acceptors (Lipinski definition) is 3. The maximum atomic E-state index is 12.8. The van der Waals surface area contributed by atoms with Crippen LogP contribution in [0, 0.1) is 0 Å². The molecule has 0 saturated carbocycles. The third kappa shape index (κ3) is 3.03. The van der Waals surface area contributed by atoms with Crippen molar-refractivity contribution in [3.63, 3.8) is 0 Å². The summed E-state index contributed by atoms with van der Waals surface area (Å²) in [6, 6.07) is 15.2. The number of hydrogen-bond donors (Lipinski definition) is 0. The van der Waals surface area contributed by atoms with Gasteiger partial charge in [-0.1, -0.05) is 60.6 Å². The first kappa shape index (κ1) is 15.1. The zero-order chi connectivity index (χ0) is 15.5. The molecule has 0 radical (unpaired) electrons. The minimum Gasteiger partial charge on any atom is -0.283 e. The average molecular weight is 331 g/mol. The van der Waals surface area contributed by atoms with Gasteiger partial charge in [-0.15, -0.1) is 0 Å². The van der Waals surface area contributed by atoms with Crippen molar-refractivity contribution in [2.45, 2.75) is 18.6 Å². The predicted octanol–water partition coefficient (Wildman–Crippen LogP) is 4.21. The lowest BCUT2D eigenvalue weighted by atomic mass is 10.2. The first-order valence-corrected chi connectivity index (χ1v) is 8.42. The van der Waals surface area contributed by atoms with E-state index in [1.807, 2.05) is 37.3 Å². The first-order valence-electron chi connectivity index (χ1n) is 7.06. The normalized spacial score (nSPS) is 11.0. The summed E-state index contributed by atoms with van der Waals surface area (Å²) in [4.78, 5) is 17.4. The van der Waals surface area contributed by atoms with E-state index >= 15 is 0 Å². The molecule has 3 aromatic rings. The molecule has 0 fully saturated rings. The van der Waals surface area contributed by atoms with E-state index in [2.05, 4.69) is 4.98 Å². The van der Waals surface area contributed by atoms with Gasteiger partial charge in [0.15, 0.2) is 5.16 Å². The first-order chi connectivity index (χ1) is 10.7. The van der Waals surface area contributed by atoms with Gasteiger partial charge in [0.2, 0.25) is 0 Å². The number of aromatic nitrogens is 2. The summed E-state index contributed by atoms with van der Waals surface area (Å²) >= 11 is 7.58. The maximum Gasteiger partial charge on any atom is 0.262 e. The quantitative estimate of drug-likeness (QED) is 0.531. The zero-order valence-corrected chi connectivity index (χ0v) is 13.7. The Labute approximate surface area is 138 Å². The molecule has 0 bridgehead atoms. The minimum absolute atomic E-state index is 0.0264. The highest BCUT2D eigenvalue weighted by molar-refractivity contribution is 7.99. The van der Waals surface area contributed by atoms with Crippen molar-refractivity contribution in [1.29, 1.82) is 0 Å². The van der Waals surface area contributed by atoms with Crippen LogP contribution in [0.25, 0.3) is 10.9 Å². The van der Waals surface area contributed by atoms with Crippen LogP contribution in [0.4, 0.5) is 0 Å². The monoisotopic (exact) mass is 330 g/mol. The van der Waals surface area contributed by atoms with Gasteiger partial charge >= 0.3 is 0 Å². The minimum atomic E-state index is -0.0264. The van der Waals surface area contributed by atoms with Gasteiger partial charge in [-0.2, -0.15) is 0 Å². The Morgan fingerprint density at radius 2 is 1.95 bits per heavy atom. The topological polar surface area (TPSA) is 34.9 Å². The Morgan fingerprint density at radius 3 is 2.68 bits per heavy atom. The predicted molar refractivity (Wildman–Crippen MR) is 93.0 cm³/mol. The highest BCUT2D eigenvalue weighted by atomic mass is 35.5. The molecule has 0 spiro atoms. The second-order valence-electron chi connectivity index (χ2n) is 4.87. The Kier molecular flexibility index (Phi) is 4.50. The molecule has 2 aromatic carbocycles. The van der Waals surface area contributed by atoms with E-state index in [0.29, 0.717) is 22.5 Å². The van der Waals surface area contributed by atoms with Gasteiger partial charge in [-0.25, -0.2) is 4.98 Å². The molecule has 0 aliphatic heterocycles. The van der Waals surface area contributed by atoms with Gasteiger partial charge in [0.25, 0.3) is 5.56 Å². The second-order valence-corrected chi connectivity index (χ2v) is 6.53. The van der Waals surface area contributed by atoms with Crippen LogP contribution >= 0.6 is 23.4 Å². The van der Waals surface area contributed by atoms with Gasteiger partial charge in [-0.05, 0) is 29.5 Å². The summed E-state index contributed by atoms with van der Waals surface area (Å²) in [6.45, 7) is 2.57.